The Morgan fingerprint density at radius 3 is 2.63 bits per heavy atom. The first-order valence-electron chi connectivity index (χ1n) is 11.6. The summed E-state index contributed by atoms with van der Waals surface area (Å²) >= 11 is 7.96. The van der Waals surface area contributed by atoms with Gasteiger partial charge in [-0.25, -0.2) is 0 Å². The minimum Gasteiger partial charge on any atom is -0.489 e. The van der Waals surface area contributed by atoms with E-state index in [9.17, 15) is 5.26 Å². The Labute approximate surface area is 213 Å². The van der Waals surface area contributed by atoms with Crippen molar-refractivity contribution in [1.29, 1.82) is 5.26 Å². The Balaban J connectivity index is 1.27. The van der Waals surface area contributed by atoms with Crippen molar-refractivity contribution in [2.75, 3.05) is 25.0 Å². The van der Waals surface area contributed by atoms with Crippen LogP contribution in [-0.4, -0.2) is 29.5 Å². The second kappa shape index (κ2) is 11.0. The van der Waals surface area contributed by atoms with Crippen LogP contribution in [0.2, 0.25) is 5.02 Å². The van der Waals surface area contributed by atoms with Crippen LogP contribution in [0.25, 0.3) is 11.5 Å². The van der Waals surface area contributed by atoms with Crippen LogP contribution in [0, 0.1) is 11.3 Å². The van der Waals surface area contributed by atoms with Crippen molar-refractivity contribution in [3.63, 3.8) is 0 Å². The van der Waals surface area contributed by atoms with Crippen LogP contribution >= 0.6 is 22.9 Å². The molecule has 0 saturated carbocycles. The SMILES string of the molecule is N#Cc1nc(-c2ccc(OCc3ccccc3Cl)cc2)oc1NC[C@H](c1cccs1)N1CCCC1. The number of benzene rings is 2. The average molecular weight is 505 g/mol. The topological polar surface area (TPSA) is 74.3 Å². The zero-order chi connectivity index (χ0) is 24.0. The van der Waals surface area contributed by atoms with E-state index in [0.717, 1.165) is 24.2 Å². The summed E-state index contributed by atoms with van der Waals surface area (Å²) in [4.78, 5) is 8.21. The summed E-state index contributed by atoms with van der Waals surface area (Å²) in [7, 11) is 0. The molecule has 1 saturated heterocycles. The molecule has 3 heterocycles. The molecule has 178 valence electrons. The lowest BCUT2D eigenvalue weighted by molar-refractivity contribution is 0.258. The molecule has 1 N–H and O–H groups in total. The largest absolute Gasteiger partial charge is 0.489 e. The second-order valence-corrected chi connectivity index (χ2v) is 9.75. The fourth-order valence-electron chi connectivity index (χ4n) is 4.24. The Morgan fingerprint density at radius 2 is 1.91 bits per heavy atom. The van der Waals surface area contributed by atoms with E-state index >= 15 is 0 Å². The van der Waals surface area contributed by atoms with Crippen LogP contribution in [0.15, 0.2) is 70.5 Å². The van der Waals surface area contributed by atoms with Crippen LogP contribution in [0.3, 0.4) is 0 Å². The Bertz CT molecular complexity index is 1290. The number of aromatic nitrogens is 1. The molecular weight excluding hydrogens is 480 g/mol. The van der Waals surface area contributed by atoms with Gasteiger partial charge in [-0.2, -0.15) is 10.2 Å². The minimum absolute atomic E-state index is 0.243. The van der Waals surface area contributed by atoms with Gasteiger partial charge in [0.1, 0.15) is 18.4 Å². The smallest absolute Gasteiger partial charge is 0.232 e. The summed E-state index contributed by atoms with van der Waals surface area (Å²) in [5, 5.41) is 15.8. The molecule has 1 atom stereocenters. The number of rotatable bonds is 9. The molecule has 6 nitrogen and oxygen atoms in total. The van der Waals surface area contributed by atoms with Crippen LogP contribution < -0.4 is 10.1 Å². The number of nitrogens with one attached hydrogen (secondary N) is 1. The predicted octanol–water partition coefficient (Wildman–Crippen LogP) is 6.76. The highest BCUT2D eigenvalue weighted by Gasteiger charge is 2.25. The molecule has 4 aromatic rings. The highest BCUT2D eigenvalue weighted by atomic mass is 35.5. The maximum atomic E-state index is 9.63. The standard InChI is InChI=1S/C27H25ClN4O2S/c28-22-7-2-1-6-20(22)18-33-21-11-9-19(10-12-21)26-31-23(16-29)27(34-26)30-17-24(25-8-5-15-35-25)32-13-3-4-14-32/h1-2,5-12,15,24,30H,3-4,13-14,17-18H2/t24-/m1/s1. The van der Waals surface area contributed by atoms with E-state index in [-0.39, 0.29) is 11.7 Å². The summed E-state index contributed by atoms with van der Waals surface area (Å²) in [5.74, 6) is 1.52. The van der Waals surface area contributed by atoms with Crippen molar-refractivity contribution in [2.24, 2.45) is 0 Å². The van der Waals surface area contributed by atoms with Gasteiger partial charge in [0.15, 0.2) is 0 Å². The van der Waals surface area contributed by atoms with E-state index in [0.29, 0.717) is 35.7 Å². The molecule has 0 amide bonds. The van der Waals surface area contributed by atoms with Gasteiger partial charge in [-0.05, 0) is 67.7 Å². The molecule has 0 bridgehead atoms. The lowest BCUT2D eigenvalue weighted by Gasteiger charge is -2.26. The zero-order valence-corrected chi connectivity index (χ0v) is 20.7. The van der Waals surface area contributed by atoms with Crippen molar-refractivity contribution >= 4 is 28.8 Å². The molecule has 0 spiro atoms. The molecule has 8 heteroatoms. The van der Waals surface area contributed by atoms with Gasteiger partial charge >= 0.3 is 0 Å². The van der Waals surface area contributed by atoms with Crippen molar-refractivity contribution in [3.8, 4) is 23.3 Å². The van der Waals surface area contributed by atoms with E-state index in [1.807, 2.05) is 48.5 Å². The third kappa shape index (κ3) is 5.51. The maximum Gasteiger partial charge on any atom is 0.232 e. The van der Waals surface area contributed by atoms with Gasteiger partial charge in [0.2, 0.25) is 17.5 Å². The summed E-state index contributed by atoms with van der Waals surface area (Å²) < 4.78 is 11.8. The molecule has 1 aliphatic heterocycles. The zero-order valence-electron chi connectivity index (χ0n) is 19.1. The van der Waals surface area contributed by atoms with Crippen molar-refractivity contribution in [2.45, 2.75) is 25.5 Å². The van der Waals surface area contributed by atoms with Gasteiger partial charge in [0.25, 0.3) is 0 Å². The average Bonchev–Trinajstić information content (AvgIpc) is 3.67. The van der Waals surface area contributed by atoms with Crippen LogP contribution in [0.4, 0.5) is 5.88 Å². The number of likely N-dealkylation sites (tertiary alicyclic amines) is 1. The Hall–Kier alpha value is -3.31. The molecule has 0 aliphatic carbocycles. The molecule has 2 aromatic carbocycles. The fourth-order valence-corrected chi connectivity index (χ4v) is 5.29. The first-order chi connectivity index (χ1) is 17.2. The number of nitriles is 1. The molecule has 1 fully saturated rings. The molecular formula is C27H25ClN4O2S. The minimum atomic E-state index is 0.243. The van der Waals surface area contributed by atoms with Crippen molar-refractivity contribution in [1.82, 2.24) is 9.88 Å². The van der Waals surface area contributed by atoms with Crippen LogP contribution in [0.1, 0.15) is 35.0 Å². The normalized spacial score (nSPS) is 14.5. The van der Waals surface area contributed by atoms with E-state index in [4.69, 9.17) is 20.8 Å². The lowest BCUT2D eigenvalue weighted by atomic mass is 10.2. The molecule has 35 heavy (non-hydrogen) atoms. The van der Waals surface area contributed by atoms with Crippen LogP contribution in [0.5, 0.6) is 5.75 Å². The van der Waals surface area contributed by atoms with E-state index in [1.54, 1.807) is 11.3 Å². The quantitative estimate of drug-likeness (QED) is 0.271. The van der Waals surface area contributed by atoms with Gasteiger partial charge in [-0.15, -0.1) is 11.3 Å². The Kier molecular flexibility index (Phi) is 7.34. The number of thiophene rings is 1. The van der Waals surface area contributed by atoms with Gasteiger partial charge in [-0.3, -0.25) is 4.90 Å². The van der Waals surface area contributed by atoms with Gasteiger partial charge in [0, 0.05) is 27.6 Å². The summed E-state index contributed by atoms with van der Waals surface area (Å²) in [5.41, 5.74) is 1.95. The number of ether oxygens (including phenoxy) is 1. The number of halogens is 1. The van der Waals surface area contributed by atoms with Gasteiger partial charge in [0.05, 0.1) is 6.04 Å². The third-order valence-electron chi connectivity index (χ3n) is 6.10. The molecule has 0 unspecified atom stereocenters. The fraction of sp³-hybridized carbons (Fsp3) is 0.259. The third-order valence-corrected chi connectivity index (χ3v) is 7.44. The van der Waals surface area contributed by atoms with E-state index < -0.39 is 0 Å². The first kappa shape index (κ1) is 23.4. The van der Waals surface area contributed by atoms with Crippen LogP contribution in [-0.2, 0) is 6.61 Å². The number of anilines is 1. The number of hydrogen-bond acceptors (Lipinski definition) is 7. The second-order valence-electron chi connectivity index (χ2n) is 8.37. The van der Waals surface area contributed by atoms with E-state index in [1.165, 1.54) is 17.7 Å². The molecule has 1 aliphatic rings. The predicted molar refractivity (Wildman–Crippen MR) is 139 cm³/mol. The first-order valence-corrected chi connectivity index (χ1v) is 12.9. The van der Waals surface area contributed by atoms with Gasteiger partial charge < -0.3 is 14.5 Å². The highest BCUT2D eigenvalue weighted by Crippen LogP contribution is 2.31. The summed E-state index contributed by atoms with van der Waals surface area (Å²) in [6.45, 7) is 3.20. The Morgan fingerprint density at radius 1 is 1.11 bits per heavy atom. The van der Waals surface area contributed by atoms with Crippen molar-refractivity contribution in [3.05, 3.63) is 87.2 Å². The summed E-state index contributed by atoms with van der Waals surface area (Å²) in [6, 6.07) is 21.7. The highest BCUT2D eigenvalue weighted by molar-refractivity contribution is 7.10. The van der Waals surface area contributed by atoms with E-state index in [2.05, 4.69) is 38.8 Å². The monoisotopic (exact) mass is 504 g/mol. The van der Waals surface area contributed by atoms with Crippen molar-refractivity contribution < 1.29 is 9.15 Å². The number of nitrogens with zero attached hydrogens (tertiary/aromatic N) is 3. The summed E-state index contributed by atoms with van der Waals surface area (Å²) in [6.07, 6.45) is 2.44. The number of hydrogen-bond donors (Lipinski definition) is 1. The molecule has 0 radical (unpaired) electrons. The maximum absolute atomic E-state index is 9.63. The lowest BCUT2D eigenvalue weighted by Crippen LogP contribution is -2.30. The van der Waals surface area contributed by atoms with Gasteiger partial charge in [-0.1, -0.05) is 35.9 Å². The molecule has 2 aromatic heterocycles. The number of oxazole rings is 1. The molecule has 5 rings (SSSR count).